The summed E-state index contributed by atoms with van der Waals surface area (Å²) in [4.78, 5) is 30.9. The molecule has 0 bridgehead atoms. The number of anilines is 1. The Morgan fingerprint density at radius 3 is 2.43 bits per heavy atom. The molecule has 1 unspecified atom stereocenters. The minimum atomic E-state index is -3.93. The summed E-state index contributed by atoms with van der Waals surface area (Å²) in [5.74, 6) is -0.449. The molecule has 2 fully saturated rings. The molecule has 2 saturated heterocycles. The molecule has 0 aliphatic carbocycles. The van der Waals surface area contributed by atoms with E-state index in [1.807, 2.05) is 9.80 Å². The lowest BCUT2D eigenvalue weighted by Crippen LogP contribution is -2.52. The van der Waals surface area contributed by atoms with Crippen LogP contribution in [0.1, 0.15) is 36.5 Å². The van der Waals surface area contributed by atoms with Crippen LogP contribution in [-0.2, 0) is 19.6 Å². The number of primary sulfonamides is 1. The van der Waals surface area contributed by atoms with Crippen molar-refractivity contribution in [2.24, 2.45) is 5.14 Å². The maximum Gasteiger partial charge on any atom is 0.340 e. The fourth-order valence-corrected chi connectivity index (χ4v) is 4.68. The van der Waals surface area contributed by atoms with Crippen molar-refractivity contribution in [2.75, 3.05) is 51.3 Å². The standard InChI is InChI=1S/C20H30N4O5S/c1-15-5-3-4-8-24(15)19(25)14-22-9-11-23(12-10-22)18-7-6-16(30(21,27)28)13-17(18)20(26)29-2/h6-7,13,15H,3-5,8-12,14H2,1-2H3,(H2,21,27,28). The van der Waals surface area contributed by atoms with Crippen molar-refractivity contribution in [1.82, 2.24) is 9.80 Å². The lowest BCUT2D eigenvalue weighted by atomic mass is 10.0. The highest BCUT2D eigenvalue weighted by atomic mass is 32.2. The second-order valence-electron chi connectivity index (χ2n) is 7.91. The molecule has 10 heteroatoms. The van der Waals surface area contributed by atoms with Gasteiger partial charge in [-0.25, -0.2) is 18.4 Å². The Kier molecular flexibility index (Phi) is 6.99. The monoisotopic (exact) mass is 438 g/mol. The van der Waals surface area contributed by atoms with Gasteiger partial charge in [0.15, 0.2) is 0 Å². The van der Waals surface area contributed by atoms with Gasteiger partial charge >= 0.3 is 5.97 Å². The van der Waals surface area contributed by atoms with Crippen molar-refractivity contribution >= 4 is 27.6 Å². The van der Waals surface area contributed by atoms with Gasteiger partial charge in [0.1, 0.15) is 0 Å². The third-order valence-corrected chi connectivity index (χ3v) is 6.81. The maximum atomic E-state index is 12.7. The second kappa shape index (κ2) is 9.32. The van der Waals surface area contributed by atoms with Crippen LogP contribution in [0.2, 0.25) is 0 Å². The van der Waals surface area contributed by atoms with Crippen molar-refractivity contribution < 1.29 is 22.7 Å². The molecule has 0 spiro atoms. The van der Waals surface area contributed by atoms with E-state index >= 15 is 0 Å². The topological polar surface area (TPSA) is 113 Å². The van der Waals surface area contributed by atoms with Gasteiger partial charge in [0.05, 0.1) is 29.8 Å². The Balaban J connectivity index is 1.67. The molecule has 166 valence electrons. The molecule has 0 aromatic heterocycles. The summed E-state index contributed by atoms with van der Waals surface area (Å²) >= 11 is 0. The van der Waals surface area contributed by atoms with Gasteiger partial charge < -0.3 is 14.5 Å². The zero-order valence-corrected chi connectivity index (χ0v) is 18.4. The van der Waals surface area contributed by atoms with E-state index in [9.17, 15) is 18.0 Å². The van der Waals surface area contributed by atoms with E-state index in [1.165, 1.54) is 25.7 Å². The predicted molar refractivity (Wildman–Crippen MR) is 113 cm³/mol. The Bertz CT molecular complexity index is 896. The first kappa shape index (κ1) is 22.5. The van der Waals surface area contributed by atoms with E-state index < -0.39 is 16.0 Å². The number of carbonyl (C=O) groups is 2. The molecule has 1 amide bonds. The first-order valence-electron chi connectivity index (χ1n) is 10.2. The fourth-order valence-electron chi connectivity index (χ4n) is 4.14. The highest BCUT2D eigenvalue weighted by Gasteiger charge is 2.28. The van der Waals surface area contributed by atoms with Crippen LogP contribution in [0.4, 0.5) is 5.69 Å². The van der Waals surface area contributed by atoms with Crippen LogP contribution >= 0.6 is 0 Å². The average molecular weight is 439 g/mol. The van der Waals surface area contributed by atoms with Crippen LogP contribution in [0.5, 0.6) is 0 Å². The molecule has 30 heavy (non-hydrogen) atoms. The zero-order chi connectivity index (χ0) is 21.9. The molecular weight excluding hydrogens is 408 g/mol. The van der Waals surface area contributed by atoms with Gasteiger partial charge in [-0.15, -0.1) is 0 Å². The van der Waals surface area contributed by atoms with Crippen molar-refractivity contribution in [3.63, 3.8) is 0 Å². The molecule has 1 atom stereocenters. The number of sulfonamides is 1. The maximum absolute atomic E-state index is 12.7. The van der Waals surface area contributed by atoms with E-state index in [-0.39, 0.29) is 16.4 Å². The van der Waals surface area contributed by atoms with Crippen LogP contribution in [0.15, 0.2) is 23.1 Å². The van der Waals surface area contributed by atoms with E-state index in [0.29, 0.717) is 44.5 Å². The van der Waals surface area contributed by atoms with Gasteiger partial charge in [0.2, 0.25) is 15.9 Å². The molecule has 9 nitrogen and oxygen atoms in total. The van der Waals surface area contributed by atoms with E-state index in [2.05, 4.69) is 11.8 Å². The van der Waals surface area contributed by atoms with Crippen LogP contribution in [0.3, 0.4) is 0 Å². The number of hydrogen-bond donors (Lipinski definition) is 1. The molecule has 3 rings (SSSR count). The number of rotatable bonds is 5. The first-order valence-corrected chi connectivity index (χ1v) is 11.8. The molecule has 1 aromatic rings. The summed E-state index contributed by atoms with van der Waals surface area (Å²) in [5.41, 5.74) is 0.764. The summed E-state index contributed by atoms with van der Waals surface area (Å²) < 4.78 is 28.1. The van der Waals surface area contributed by atoms with Crippen LogP contribution < -0.4 is 10.0 Å². The smallest absolute Gasteiger partial charge is 0.340 e. The van der Waals surface area contributed by atoms with Gasteiger partial charge in [-0.3, -0.25) is 9.69 Å². The molecule has 2 aliphatic rings. The van der Waals surface area contributed by atoms with Crippen LogP contribution in [0.25, 0.3) is 0 Å². The van der Waals surface area contributed by atoms with Crippen molar-refractivity contribution in [3.05, 3.63) is 23.8 Å². The number of piperazine rings is 1. The number of carbonyl (C=O) groups excluding carboxylic acids is 2. The Hall–Kier alpha value is -2.17. The fraction of sp³-hybridized carbons (Fsp3) is 0.600. The summed E-state index contributed by atoms with van der Waals surface area (Å²) in [5, 5.41) is 5.20. The number of ether oxygens (including phenoxy) is 1. The van der Waals surface area contributed by atoms with Crippen molar-refractivity contribution in [3.8, 4) is 0 Å². The third kappa shape index (κ3) is 5.11. The Morgan fingerprint density at radius 1 is 1.13 bits per heavy atom. The van der Waals surface area contributed by atoms with Gasteiger partial charge in [0.25, 0.3) is 0 Å². The summed E-state index contributed by atoms with van der Waals surface area (Å²) in [6, 6.07) is 4.53. The second-order valence-corrected chi connectivity index (χ2v) is 9.47. The molecule has 0 saturated carbocycles. The van der Waals surface area contributed by atoms with Gasteiger partial charge in [0, 0.05) is 38.8 Å². The highest BCUT2D eigenvalue weighted by molar-refractivity contribution is 7.89. The molecule has 2 aliphatic heterocycles. The Labute approximate surface area is 177 Å². The average Bonchev–Trinajstić information content (AvgIpc) is 2.73. The number of benzene rings is 1. The van der Waals surface area contributed by atoms with E-state index in [4.69, 9.17) is 9.88 Å². The van der Waals surface area contributed by atoms with Crippen LogP contribution in [-0.4, -0.2) is 82.5 Å². The molecule has 0 radical (unpaired) electrons. The number of piperidine rings is 1. The molecule has 2 heterocycles. The SMILES string of the molecule is COC(=O)c1cc(S(N)(=O)=O)ccc1N1CCN(CC(=O)N2CCCCC2C)CC1. The number of amides is 1. The molecular formula is C20H30N4O5S. The normalized spacial score (nSPS) is 20.8. The van der Waals surface area contributed by atoms with Crippen molar-refractivity contribution in [1.29, 1.82) is 0 Å². The van der Waals surface area contributed by atoms with Gasteiger partial charge in [-0.05, 0) is 44.4 Å². The lowest BCUT2D eigenvalue weighted by Gasteiger charge is -2.39. The minimum Gasteiger partial charge on any atom is -0.465 e. The quantitative estimate of drug-likeness (QED) is 0.671. The number of nitrogens with two attached hydrogens (primary N) is 1. The molecule has 2 N–H and O–H groups in total. The number of likely N-dealkylation sites (tertiary alicyclic amines) is 1. The first-order chi connectivity index (χ1) is 14.2. The van der Waals surface area contributed by atoms with E-state index in [0.717, 1.165) is 19.4 Å². The van der Waals surface area contributed by atoms with Gasteiger partial charge in [-0.2, -0.15) is 0 Å². The van der Waals surface area contributed by atoms with Gasteiger partial charge in [-0.1, -0.05) is 0 Å². The summed E-state index contributed by atoms with van der Waals surface area (Å²) in [6.45, 7) is 5.90. The van der Waals surface area contributed by atoms with E-state index in [1.54, 1.807) is 6.07 Å². The number of esters is 1. The summed E-state index contributed by atoms with van der Waals surface area (Å²) in [6.07, 6.45) is 3.30. The van der Waals surface area contributed by atoms with Crippen molar-refractivity contribution in [2.45, 2.75) is 37.1 Å². The lowest BCUT2D eigenvalue weighted by molar-refractivity contribution is -0.135. The number of methoxy groups -OCH3 is 1. The number of hydrogen-bond acceptors (Lipinski definition) is 7. The Morgan fingerprint density at radius 2 is 1.83 bits per heavy atom. The summed E-state index contributed by atoms with van der Waals surface area (Å²) in [7, 11) is -2.68. The highest BCUT2D eigenvalue weighted by Crippen LogP contribution is 2.26. The van der Waals surface area contributed by atoms with Crippen LogP contribution in [0, 0.1) is 0 Å². The minimum absolute atomic E-state index is 0.133. The molecule has 1 aromatic carbocycles. The third-order valence-electron chi connectivity index (χ3n) is 5.90. The number of nitrogens with zero attached hydrogens (tertiary/aromatic N) is 3. The predicted octanol–water partition coefficient (Wildman–Crippen LogP) is 0.644. The largest absolute Gasteiger partial charge is 0.465 e. The zero-order valence-electron chi connectivity index (χ0n) is 17.5.